The Bertz CT molecular complexity index is 742. The third kappa shape index (κ3) is 3.67. The van der Waals surface area contributed by atoms with Gasteiger partial charge in [0.15, 0.2) is 0 Å². The molecule has 2 saturated heterocycles. The van der Waals surface area contributed by atoms with Crippen LogP contribution in [0.4, 0.5) is 14.5 Å². The Kier molecular flexibility index (Phi) is 5.17. The fourth-order valence-corrected chi connectivity index (χ4v) is 3.36. The molecule has 2 amide bonds. The lowest BCUT2D eigenvalue weighted by atomic mass is 10.0. The zero-order valence-corrected chi connectivity index (χ0v) is 13.9. The molecule has 2 aliphatic heterocycles. The number of anilines is 1. The van der Waals surface area contributed by atoms with Crippen LogP contribution in [0.15, 0.2) is 18.2 Å². The lowest BCUT2D eigenvalue weighted by molar-refractivity contribution is -0.149. The van der Waals surface area contributed by atoms with Crippen molar-refractivity contribution in [1.29, 1.82) is 0 Å². The third-order valence-corrected chi connectivity index (χ3v) is 4.60. The molecular weight excluding hydrogens is 350 g/mol. The molecule has 1 aromatic carbocycles. The van der Waals surface area contributed by atoms with E-state index in [0.717, 1.165) is 17.0 Å². The molecule has 0 spiro atoms. The van der Waals surface area contributed by atoms with Crippen molar-refractivity contribution in [3.63, 3.8) is 0 Å². The molecule has 7 nitrogen and oxygen atoms in total. The number of amides is 2. The van der Waals surface area contributed by atoms with Crippen LogP contribution in [0.1, 0.15) is 12.8 Å². The number of nitrogens with zero attached hydrogens (tertiary/aromatic N) is 2. The first kappa shape index (κ1) is 18.2. The molecule has 9 heteroatoms. The highest BCUT2D eigenvalue weighted by Gasteiger charge is 2.40. The predicted molar refractivity (Wildman–Crippen MR) is 85.4 cm³/mol. The van der Waals surface area contributed by atoms with Crippen LogP contribution < -0.4 is 4.90 Å². The van der Waals surface area contributed by atoms with Crippen LogP contribution in [0, 0.1) is 17.6 Å². The highest BCUT2D eigenvalue weighted by atomic mass is 19.1. The van der Waals surface area contributed by atoms with Crippen molar-refractivity contribution in [1.82, 2.24) is 4.90 Å². The molecule has 2 aliphatic rings. The van der Waals surface area contributed by atoms with Crippen molar-refractivity contribution < 1.29 is 33.0 Å². The topological polar surface area (TPSA) is 87.1 Å². The van der Waals surface area contributed by atoms with E-state index in [1.807, 2.05) is 0 Å². The number of carbonyl (C=O) groups excluding carboxylic acids is 2. The van der Waals surface area contributed by atoms with Crippen LogP contribution in [-0.4, -0.2) is 60.1 Å². The SMILES string of the molecule is O=C(O)CC1COCCN1C(=O)C1CC(=O)N(c2ccc(F)cc2F)C1. The van der Waals surface area contributed by atoms with Gasteiger partial charge in [-0.3, -0.25) is 14.4 Å². The second kappa shape index (κ2) is 7.36. The fraction of sp³-hybridized carbons (Fsp3) is 0.471. The highest BCUT2D eigenvalue weighted by molar-refractivity contribution is 6.00. The van der Waals surface area contributed by atoms with E-state index in [0.29, 0.717) is 12.7 Å². The first-order chi connectivity index (χ1) is 12.4. The van der Waals surface area contributed by atoms with Gasteiger partial charge >= 0.3 is 5.97 Å². The third-order valence-electron chi connectivity index (χ3n) is 4.60. The minimum atomic E-state index is -1.05. The van der Waals surface area contributed by atoms with Crippen LogP contribution in [0.2, 0.25) is 0 Å². The zero-order valence-electron chi connectivity index (χ0n) is 13.9. The molecule has 2 atom stereocenters. The molecule has 0 bridgehead atoms. The van der Waals surface area contributed by atoms with E-state index in [9.17, 15) is 23.2 Å². The van der Waals surface area contributed by atoms with E-state index in [1.165, 1.54) is 4.90 Å². The maximum Gasteiger partial charge on any atom is 0.305 e. The van der Waals surface area contributed by atoms with Crippen molar-refractivity contribution in [2.45, 2.75) is 18.9 Å². The van der Waals surface area contributed by atoms with Crippen molar-refractivity contribution in [3.8, 4) is 0 Å². The summed E-state index contributed by atoms with van der Waals surface area (Å²) in [6, 6.07) is 2.30. The standard InChI is InChI=1S/C17H18F2N2O5/c18-11-1-2-14(13(19)6-11)21-8-10(5-15(21)22)17(25)20-3-4-26-9-12(20)7-16(23)24/h1-2,6,10,12H,3-5,7-9H2,(H,23,24). The Labute approximate surface area is 148 Å². The van der Waals surface area contributed by atoms with Gasteiger partial charge in [-0.05, 0) is 12.1 Å². The first-order valence-electron chi connectivity index (χ1n) is 8.22. The summed E-state index contributed by atoms with van der Waals surface area (Å²) in [6.07, 6.45) is -0.352. The Morgan fingerprint density at radius 3 is 2.77 bits per heavy atom. The number of carbonyl (C=O) groups is 3. The second-order valence-electron chi connectivity index (χ2n) is 6.36. The molecule has 2 fully saturated rings. The molecule has 26 heavy (non-hydrogen) atoms. The van der Waals surface area contributed by atoms with Gasteiger partial charge in [0.1, 0.15) is 11.6 Å². The van der Waals surface area contributed by atoms with Crippen LogP contribution in [0.5, 0.6) is 0 Å². The number of aliphatic carboxylic acids is 1. The number of hydrogen-bond donors (Lipinski definition) is 1. The van der Waals surface area contributed by atoms with Crippen molar-refractivity contribution in [2.24, 2.45) is 5.92 Å². The smallest absolute Gasteiger partial charge is 0.305 e. The molecule has 1 aromatic rings. The summed E-state index contributed by atoms with van der Waals surface area (Å²) in [5.74, 6) is -4.16. The molecule has 2 heterocycles. The predicted octanol–water partition coefficient (Wildman–Crippen LogP) is 1.02. The first-order valence-corrected chi connectivity index (χ1v) is 8.22. The van der Waals surface area contributed by atoms with E-state index in [-0.39, 0.29) is 44.1 Å². The Balaban J connectivity index is 1.74. The largest absolute Gasteiger partial charge is 0.481 e. The van der Waals surface area contributed by atoms with Crippen LogP contribution in [0.3, 0.4) is 0 Å². The van der Waals surface area contributed by atoms with Crippen molar-refractivity contribution in [2.75, 3.05) is 31.2 Å². The summed E-state index contributed by atoms with van der Waals surface area (Å²) < 4.78 is 32.3. The van der Waals surface area contributed by atoms with Crippen molar-refractivity contribution in [3.05, 3.63) is 29.8 Å². The molecule has 0 saturated carbocycles. The molecule has 2 unspecified atom stereocenters. The highest BCUT2D eigenvalue weighted by Crippen LogP contribution is 2.29. The number of rotatable bonds is 4. The van der Waals surface area contributed by atoms with E-state index in [2.05, 4.69) is 0 Å². The van der Waals surface area contributed by atoms with Gasteiger partial charge in [0.05, 0.1) is 37.3 Å². The van der Waals surface area contributed by atoms with Gasteiger partial charge in [0, 0.05) is 25.6 Å². The number of hydrogen-bond acceptors (Lipinski definition) is 4. The maximum atomic E-state index is 14.0. The lowest BCUT2D eigenvalue weighted by Gasteiger charge is -2.36. The van der Waals surface area contributed by atoms with Gasteiger partial charge in [-0.1, -0.05) is 0 Å². The molecule has 0 aliphatic carbocycles. The van der Waals surface area contributed by atoms with Crippen molar-refractivity contribution >= 4 is 23.5 Å². The molecule has 3 rings (SSSR count). The zero-order chi connectivity index (χ0) is 18.8. The minimum Gasteiger partial charge on any atom is -0.481 e. The van der Waals surface area contributed by atoms with Crippen LogP contribution in [-0.2, 0) is 19.1 Å². The van der Waals surface area contributed by atoms with Gasteiger partial charge in [-0.2, -0.15) is 0 Å². The molecule has 0 aromatic heterocycles. The monoisotopic (exact) mass is 368 g/mol. The van der Waals surface area contributed by atoms with Gasteiger partial charge in [0.25, 0.3) is 0 Å². The van der Waals surface area contributed by atoms with E-state index in [1.54, 1.807) is 0 Å². The van der Waals surface area contributed by atoms with Gasteiger partial charge in [0.2, 0.25) is 11.8 Å². The molecule has 140 valence electrons. The number of ether oxygens (including phenoxy) is 1. The summed E-state index contributed by atoms with van der Waals surface area (Å²) in [7, 11) is 0. The van der Waals surface area contributed by atoms with Gasteiger partial charge < -0.3 is 19.6 Å². The number of carboxylic acids is 1. The van der Waals surface area contributed by atoms with E-state index in [4.69, 9.17) is 9.84 Å². The Morgan fingerprint density at radius 1 is 1.31 bits per heavy atom. The maximum absolute atomic E-state index is 14.0. The van der Waals surface area contributed by atoms with Crippen LogP contribution in [0.25, 0.3) is 0 Å². The second-order valence-corrected chi connectivity index (χ2v) is 6.36. The summed E-state index contributed by atoms with van der Waals surface area (Å²) in [5.41, 5.74) is -0.0734. The molecule has 1 N–H and O–H groups in total. The average molecular weight is 368 g/mol. The van der Waals surface area contributed by atoms with Gasteiger partial charge in [-0.15, -0.1) is 0 Å². The number of halogens is 2. The van der Waals surface area contributed by atoms with Crippen LogP contribution >= 0.6 is 0 Å². The quantitative estimate of drug-likeness (QED) is 0.858. The average Bonchev–Trinajstić information content (AvgIpc) is 2.96. The normalized spacial score (nSPS) is 23.4. The lowest BCUT2D eigenvalue weighted by Crippen LogP contribution is -2.51. The summed E-state index contributed by atoms with van der Waals surface area (Å²) in [4.78, 5) is 38.6. The minimum absolute atomic E-state index is 0.0304. The summed E-state index contributed by atoms with van der Waals surface area (Å²) in [5, 5.41) is 8.99. The van der Waals surface area contributed by atoms with E-state index >= 15 is 0 Å². The molecule has 0 radical (unpaired) electrons. The molecular formula is C17H18F2N2O5. The van der Waals surface area contributed by atoms with E-state index < -0.39 is 35.5 Å². The fourth-order valence-electron chi connectivity index (χ4n) is 3.36. The number of carboxylic acid groups (broad SMARTS) is 1. The summed E-state index contributed by atoms with van der Waals surface area (Å²) in [6.45, 7) is 0.623. The Morgan fingerprint density at radius 2 is 2.08 bits per heavy atom. The number of morpholine rings is 1. The van der Waals surface area contributed by atoms with Gasteiger partial charge in [-0.25, -0.2) is 8.78 Å². The number of benzene rings is 1. The summed E-state index contributed by atoms with van der Waals surface area (Å²) >= 11 is 0. The Hall–Kier alpha value is -2.55.